The highest BCUT2D eigenvalue weighted by Gasteiger charge is 2.38. The summed E-state index contributed by atoms with van der Waals surface area (Å²) < 4.78 is 85.5. The number of ether oxygens (including phenoxy) is 1. The molecule has 1 aliphatic carbocycles. The molecular weight excluding hydrogens is 476 g/mol. The van der Waals surface area contributed by atoms with E-state index in [1.165, 1.54) is 0 Å². The molecule has 1 saturated carbocycles. The second-order valence-corrected chi connectivity index (χ2v) is 9.25. The first kappa shape index (κ1) is 25.3. The summed E-state index contributed by atoms with van der Waals surface area (Å²) in [6.07, 6.45) is -7.34. The third-order valence-electron chi connectivity index (χ3n) is 6.54. The molecule has 0 aromatic heterocycles. The second-order valence-electron chi connectivity index (χ2n) is 9.25. The fourth-order valence-electron chi connectivity index (χ4n) is 4.71. The van der Waals surface area contributed by atoms with E-state index in [0.29, 0.717) is 42.8 Å². The smallest absolute Gasteiger partial charge is 0.416 e. The molecule has 2 unspecified atom stereocenters. The zero-order chi connectivity index (χ0) is 25.4. The molecule has 4 rings (SSSR count). The summed E-state index contributed by atoms with van der Waals surface area (Å²) >= 11 is 0. The molecule has 1 aliphatic heterocycles. The number of benzene rings is 2. The van der Waals surface area contributed by atoms with Crippen LogP contribution in [-0.4, -0.2) is 35.2 Å². The van der Waals surface area contributed by atoms with E-state index in [-0.39, 0.29) is 31.5 Å². The van der Waals surface area contributed by atoms with E-state index in [1.807, 2.05) is 12.1 Å². The lowest BCUT2D eigenvalue weighted by Crippen LogP contribution is -2.26. The number of carboxylic acids is 1. The molecule has 2 aromatic rings. The average molecular weight is 501 g/mol. The maximum atomic E-state index is 13.4. The van der Waals surface area contributed by atoms with E-state index in [9.17, 15) is 36.2 Å². The van der Waals surface area contributed by atoms with Crippen LogP contribution in [0, 0.1) is 5.92 Å². The monoisotopic (exact) mass is 501 g/mol. The van der Waals surface area contributed by atoms with Crippen LogP contribution in [0.2, 0.25) is 0 Å². The minimum absolute atomic E-state index is 0.0316. The number of halogens is 6. The lowest BCUT2D eigenvalue weighted by atomic mass is 9.91. The number of rotatable bonds is 8. The summed E-state index contributed by atoms with van der Waals surface area (Å²) in [5.74, 6) is -0.0932. The van der Waals surface area contributed by atoms with Gasteiger partial charge in [0.25, 0.3) is 0 Å². The number of hydrogen-bond donors (Lipinski definition) is 1. The Morgan fingerprint density at radius 3 is 2.40 bits per heavy atom. The van der Waals surface area contributed by atoms with Gasteiger partial charge in [0, 0.05) is 19.6 Å². The van der Waals surface area contributed by atoms with Crippen molar-refractivity contribution in [2.24, 2.45) is 5.92 Å². The average Bonchev–Trinajstić information content (AvgIpc) is 3.51. The summed E-state index contributed by atoms with van der Waals surface area (Å²) in [5.41, 5.74) is -1.74. The Balaban J connectivity index is 1.44. The Hall–Kier alpha value is -2.75. The van der Waals surface area contributed by atoms with E-state index in [4.69, 9.17) is 4.74 Å². The molecule has 35 heavy (non-hydrogen) atoms. The van der Waals surface area contributed by atoms with Crippen LogP contribution in [0.3, 0.4) is 0 Å². The van der Waals surface area contributed by atoms with Gasteiger partial charge >= 0.3 is 18.3 Å². The van der Waals surface area contributed by atoms with Crippen molar-refractivity contribution in [1.29, 1.82) is 0 Å². The van der Waals surface area contributed by atoms with Crippen LogP contribution in [-0.2, 0) is 23.7 Å². The van der Waals surface area contributed by atoms with Crippen LogP contribution >= 0.6 is 0 Å². The van der Waals surface area contributed by atoms with Crippen molar-refractivity contribution in [3.8, 4) is 5.75 Å². The minimum Gasteiger partial charge on any atom is -0.489 e. The van der Waals surface area contributed by atoms with E-state index in [0.717, 1.165) is 18.4 Å². The quantitative estimate of drug-likeness (QED) is 0.429. The Morgan fingerprint density at radius 1 is 1.03 bits per heavy atom. The number of alkyl halides is 6. The summed E-state index contributed by atoms with van der Waals surface area (Å²) in [4.78, 5) is 12.9. The highest BCUT2D eigenvalue weighted by molar-refractivity contribution is 5.68. The largest absolute Gasteiger partial charge is 0.489 e. The van der Waals surface area contributed by atoms with Crippen molar-refractivity contribution >= 4 is 5.97 Å². The predicted molar refractivity (Wildman–Crippen MR) is 115 cm³/mol. The van der Waals surface area contributed by atoms with Crippen molar-refractivity contribution in [3.05, 3.63) is 64.7 Å². The molecule has 0 spiro atoms. The Morgan fingerprint density at radius 2 is 1.77 bits per heavy atom. The van der Waals surface area contributed by atoms with Crippen LogP contribution in [0.15, 0.2) is 42.5 Å². The predicted octanol–water partition coefficient (Wildman–Crippen LogP) is 6.35. The molecule has 0 bridgehead atoms. The van der Waals surface area contributed by atoms with Crippen molar-refractivity contribution in [2.75, 3.05) is 13.1 Å². The van der Waals surface area contributed by atoms with Gasteiger partial charge in [-0.25, -0.2) is 0 Å². The summed E-state index contributed by atoms with van der Waals surface area (Å²) in [7, 11) is 0. The molecule has 2 aliphatic rings. The van der Waals surface area contributed by atoms with E-state index in [1.54, 1.807) is 17.0 Å². The summed E-state index contributed by atoms with van der Waals surface area (Å²) in [6, 6.07) is 8.71. The first-order valence-corrected chi connectivity index (χ1v) is 11.4. The highest BCUT2D eigenvalue weighted by Crippen LogP contribution is 2.45. The Bertz CT molecular complexity index is 1060. The first-order valence-electron chi connectivity index (χ1n) is 11.4. The van der Waals surface area contributed by atoms with Gasteiger partial charge in [0.05, 0.1) is 17.5 Å². The lowest BCUT2D eigenvalue weighted by molar-refractivity contribution is -0.142. The Kier molecular flexibility index (Phi) is 7.04. The third kappa shape index (κ3) is 6.48. The maximum absolute atomic E-state index is 13.4. The van der Waals surface area contributed by atoms with Gasteiger partial charge in [0.1, 0.15) is 11.9 Å². The molecule has 1 saturated heterocycles. The topological polar surface area (TPSA) is 49.8 Å². The van der Waals surface area contributed by atoms with Gasteiger partial charge in [-0.05, 0) is 72.6 Å². The van der Waals surface area contributed by atoms with E-state index in [2.05, 4.69) is 0 Å². The van der Waals surface area contributed by atoms with Crippen LogP contribution in [0.25, 0.3) is 0 Å². The maximum Gasteiger partial charge on any atom is 0.416 e. The summed E-state index contributed by atoms with van der Waals surface area (Å²) in [6.45, 7) is 0.363. The molecule has 10 heteroatoms. The Labute approximate surface area is 198 Å². The van der Waals surface area contributed by atoms with E-state index < -0.39 is 35.0 Å². The third-order valence-corrected chi connectivity index (χ3v) is 6.54. The van der Waals surface area contributed by atoms with Crippen molar-refractivity contribution < 1.29 is 41.0 Å². The summed E-state index contributed by atoms with van der Waals surface area (Å²) in [5, 5.41) is 9.23. The van der Waals surface area contributed by atoms with E-state index >= 15 is 0 Å². The zero-order valence-corrected chi connectivity index (χ0v) is 18.7. The molecule has 1 heterocycles. The van der Waals surface area contributed by atoms with Crippen LogP contribution in [0.1, 0.15) is 53.9 Å². The van der Waals surface area contributed by atoms with Crippen molar-refractivity contribution in [2.45, 2.75) is 56.6 Å². The standard InChI is InChI=1S/C25H25F6NO3/c26-24(27,28)18-6-7-22(25(29,30)31)17(10-18)13-32-9-8-20(14-32)35-19-3-1-2-16(11-19)21(12-23(33)34)15-4-5-15/h1-3,6-7,10-11,15,20-21H,4-5,8-9,12-14H2,(H,33,34). The molecular formula is C25H25F6NO3. The molecule has 2 atom stereocenters. The number of hydrogen-bond acceptors (Lipinski definition) is 3. The fourth-order valence-corrected chi connectivity index (χ4v) is 4.71. The number of carboxylic acid groups (broad SMARTS) is 1. The van der Waals surface area contributed by atoms with Gasteiger partial charge < -0.3 is 9.84 Å². The molecule has 190 valence electrons. The fraction of sp³-hybridized carbons (Fsp3) is 0.480. The zero-order valence-electron chi connectivity index (χ0n) is 18.7. The van der Waals surface area contributed by atoms with Gasteiger partial charge in [0.15, 0.2) is 0 Å². The lowest BCUT2D eigenvalue weighted by Gasteiger charge is -2.21. The van der Waals surface area contributed by atoms with Gasteiger partial charge in [-0.2, -0.15) is 26.3 Å². The normalized spacial score (nSPS) is 20.1. The molecule has 1 N–H and O–H groups in total. The number of nitrogens with zero attached hydrogens (tertiary/aromatic N) is 1. The number of carbonyl (C=O) groups is 1. The van der Waals surface area contributed by atoms with Crippen LogP contribution in [0.4, 0.5) is 26.3 Å². The highest BCUT2D eigenvalue weighted by atomic mass is 19.4. The molecule has 4 nitrogen and oxygen atoms in total. The van der Waals surface area contributed by atoms with Gasteiger partial charge in [-0.1, -0.05) is 12.1 Å². The number of aliphatic carboxylic acids is 1. The van der Waals surface area contributed by atoms with Gasteiger partial charge in [0.2, 0.25) is 0 Å². The number of likely N-dealkylation sites (tertiary alicyclic amines) is 1. The van der Waals surface area contributed by atoms with Crippen molar-refractivity contribution in [3.63, 3.8) is 0 Å². The second kappa shape index (κ2) is 9.72. The molecule has 2 aromatic carbocycles. The molecule has 0 amide bonds. The SMILES string of the molecule is O=C(O)CC(c1cccc(OC2CCN(Cc3cc(C(F)(F)F)ccc3C(F)(F)F)C2)c1)C1CC1. The van der Waals surface area contributed by atoms with Gasteiger partial charge in [-0.3, -0.25) is 9.69 Å². The van der Waals surface area contributed by atoms with Gasteiger partial charge in [-0.15, -0.1) is 0 Å². The first-order chi connectivity index (χ1) is 16.4. The van der Waals surface area contributed by atoms with Crippen LogP contribution < -0.4 is 4.74 Å². The molecule has 2 fully saturated rings. The van der Waals surface area contributed by atoms with Crippen molar-refractivity contribution in [1.82, 2.24) is 4.90 Å². The minimum atomic E-state index is -4.76. The van der Waals surface area contributed by atoms with Crippen LogP contribution in [0.5, 0.6) is 5.75 Å². The molecule has 0 radical (unpaired) electrons.